The van der Waals surface area contributed by atoms with E-state index in [1.54, 1.807) is 6.20 Å². The van der Waals surface area contributed by atoms with Crippen LogP contribution in [0.2, 0.25) is 0 Å². The number of likely N-dealkylation sites (tertiary alicyclic amines) is 1. The number of rotatable bonds is 7. The van der Waals surface area contributed by atoms with Gasteiger partial charge >= 0.3 is 0 Å². The number of aromatic nitrogens is 1. The highest BCUT2D eigenvalue weighted by molar-refractivity contribution is 5.94. The molecule has 0 spiro atoms. The first-order chi connectivity index (χ1) is 13.2. The average molecular weight is 440 g/mol. The highest BCUT2D eigenvalue weighted by atomic mass is 35.5. The van der Waals surface area contributed by atoms with Crippen LogP contribution in [0, 0.1) is 12.8 Å². The summed E-state index contributed by atoms with van der Waals surface area (Å²) < 4.78 is 5.78. The van der Waals surface area contributed by atoms with E-state index in [4.69, 9.17) is 4.74 Å². The van der Waals surface area contributed by atoms with Crippen LogP contribution in [0.15, 0.2) is 42.6 Å². The molecule has 2 heterocycles. The normalized spacial score (nSPS) is 13.9. The van der Waals surface area contributed by atoms with Crippen molar-refractivity contribution in [2.24, 2.45) is 5.92 Å². The summed E-state index contributed by atoms with van der Waals surface area (Å²) in [5, 5.41) is 3.41. The van der Waals surface area contributed by atoms with Crippen molar-refractivity contribution < 1.29 is 9.53 Å². The third-order valence-electron chi connectivity index (χ3n) is 5.05. The number of halogens is 2. The SMILES string of the molecule is CCNCC1CCN(C(=O)c2cccc(COc3ccc(C)nc3)c2)CC1.Cl.Cl. The quantitative estimate of drug-likeness (QED) is 0.699. The molecular formula is C22H31Cl2N3O2. The van der Waals surface area contributed by atoms with Crippen molar-refractivity contribution in [3.63, 3.8) is 0 Å². The maximum absolute atomic E-state index is 12.8. The molecule has 1 aromatic heterocycles. The van der Waals surface area contributed by atoms with Gasteiger partial charge in [-0.15, -0.1) is 24.8 Å². The number of aryl methyl sites for hydroxylation is 1. The Morgan fingerprint density at radius 3 is 2.62 bits per heavy atom. The van der Waals surface area contributed by atoms with Crippen LogP contribution >= 0.6 is 24.8 Å². The Morgan fingerprint density at radius 1 is 1.21 bits per heavy atom. The zero-order valence-corrected chi connectivity index (χ0v) is 18.7. The van der Waals surface area contributed by atoms with Crippen molar-refractivity contribution in [1.29, 1.82) is 0 Å². The van der Waals surface area contributed by atoms with Crippen LogP contribution in [0.3, 0.4) is 0 Å². The summed E-state index contributed by atoms with van der Waals surface area (Å²) >= 11 is 0. The molecule has 0 atom stereocenters. The molecule has 1 amide bonds. The van der Waals surface area contributed by atoms with E-state index in [9.17, 15) is 4.79 Å². The summed E-state index contributed by atoms with van der Waals surface area (Å²) in [5.41, 5.74) is 2.69. The molecule has 5 nitrogen and oxygen atoms in total. The zero-order chi connectivity index (χ0) is 19.1. The largest absolute Gasteiger partial charge is 0.487 e. The van der Waals surface area contributed by atoms with Gasteiger partial charge in [0.25, 0.3) is 5.91 Å². The molecule has 7 heteroatoms. The summed E-state index contributed by atoms with van der Waals surface area (Å²) in [6.45, 7) is 8.24. The maximum Gasteiger partial charge on any atom is 0.253 e. The minimum absolute atomic E-state index is 0. The smallest absolute Gasteiger partial charge is 0.253 e. The van der Waals surface area contributed by atoms with E-state index in [1.165, 1.54) is 0 Å². The lowest BCUT2D eigenvalue weighted by Gasteiger charge is -2.32. The molecule has 0 aliphatic carbocycles. The zero-order valence-electron chi connectivity index (χ0n) is 17.1. The average Bonchev–Trinajstić information content (AvgIpc) is 2.72. The van der Waals surface area contributed by atoms with Gasteiger partial charge in [0.15, 0.2) is 0 Å². The van der Waals surface area contributed by atoms with Crippen molar-refractivity contribution in [3.8, 4) is 5.75 Å². The molecule has 1 fully saturated rings. The lowest BCUT2D eigenvalue weighted by Crippen LogP contribution is -2.40. The first-order valence-corrected chi connectivity index (χ1v) is 9.80. The number of hydrogen-bond donors (Lipinski definition) is 1. The molecule has 1 aromatic carbocycles. The summed E-state index contributed by atoms with van der Waals surface area (Å²) in [7, 11) is 0. The Hall–Kier alpha value is -1.82. The van der Waals surface area contributed by atoms with Gasteiger partial charge in [0.2, 0.25) is 0 Å². The second-order valence-corrected chi connectivity index (χ2v) is 7.17. The third-order valence-corrected chi connectivity index (χ3v) is 5.05. The fourth-order valence-corrected chi connectivity index (χ4v) is 3.37. The summed E-state index contributed by atoms with van der Waals surface area (Å²) in [4.78, 5) is 19.1. The third kappa shape index (κ3) is 7.50. The number of ether oxygens (including phenoxy) is 1. The summed E-state index contributed by atoms with van der Waals surface area (Å²) in [5.74, 6) is 1.53. The van der Waals surface area contributed by atoms with Gasteiger partial charge in [-0.2, -0.15) is 0 Å². The van der Waals surface area contributed by atoms with Crippen LogP contribution in [0.1, 0.15) is 41.4 Å². The maximum atomic E-state index is 12.8. The highest BCUT2D eigenvalue weighted by Gasteiger charge is 2.23. The molecule has 3 rings (SSSR count). The van der Waals surface area contributed by atoms with Gasteiger partial charge in [0.1, 0.15) is 12.4 Å². The van der Waals surface area contributed by atoms with Crippen molar-refractivity contribution in [1.82, 2.24) is 15.2 Å². The van der Waals surface area contributed by atoms with Gasteiger partial charge in [0.05, 0.1) is 6.20 Å². The van der Waals surface area contributed by atoms with E-state index >= 15 is 0 Å². The number of hydrogen-bond acceptors (Lipinski definition) is 4. The highest BCUT2D eigenvalue weighted by Crippen LogP contribution is 2.19. The first-order valence-electron chi connectivity index (χ1n) is 9.80. The molecular weight excluding hydrogens is 409 g/mol. The molecule has 1 aliphatic rings. The van der Waals surface area contributed by atoms with Crippen LogP contribution in [0.5, 0.6) is 5.75 Å². The molecule has 160 valence electrons. The molecule has 0 bridgehead atoms. The number of amides is 1. The molecule has 2 aromatic rings. The predicted octanol–water partition coefficient (Wildman–Crippen LogP) is 4.27. The van der Waals surface area contributed by atoms with Gasteiger partial charge in [-0.05, 0) is 68.6 Å². The van der Waals surface area contributed by atoms with Gasteiger partial charge < -0.3 is 15.0 Å². The number of carbonyl (C=O) groups is 1. The molecule has 0 saturated carbocycles. The fourth-order valence-electron chi connectivity index (χ4n) is 3.37. The number of pyridine rings is 1. The number of carbonyl (C=O) groups excluding carboxylic acids is 1. The predicted molar refractivity (Wildman–Crippen MR) is 121 cm³/mol. The minimum Gasteiger partial charge on any atom is -0.487 e. The van der Waals surface area contributed by atoms with Gasteiger partial charge in [0, 0.05) is 24.3 Å². The van der Waals surface area contributed by atoms with Gasteiger partial charge in [-0.25, -0.2) is 0 Å². The van der Waals surface area contributed by atoms with Crippen molar-refractivity contribution in [2.75, 3.05) is 26.2 Å². The Morgan fingerprint density at radius 2 is 1.97 bits per heavy atom. The Kier molecular flexibility index (Phi) is 11.0. The molecule has 1 saturated heterocycles. The lowest BCUT2D eigenvalue weighted by atomic mass is 9.96. The minimum atomic E-state index is 0. The topological polar surface area (TPSA) is 54.5 Å². The fraction of sp³-hybridized carbons (Fsp3) is 0.455. The lowest BCUT2D eigenvalue weighted by molar-refractivity contribution is 0.0690. The molecule has 29 heavy (non-hydrogen) atoms. The van der Waals surface area contributed by atoms with E-state index in [-0.39, 0.29) is 30.7 Å². The van der Waals surface area contributed by atoms with E-state index in [1.807, 2.05) is 48.2 Å². The Balaban J connectivity index is 0.00000210. The second-order valence-electron chi connectivity index (χ2n) is 7.17. The van der Waals surface area contributed by atoms with E-state index < -0.39 is 0 Å². The van der Waals surface area contributed by atoms with Gasteiger partial charge in [-0.3, -0.25) is 9.78 Å². The second kappa shape index (κ2) is 12.7. The van der Waals surface area contributed by atoms with Gasteiger partial charge in [-0.1, -0.05) is 19.1 Å². The van der Waals surface area contributed by atoms with E-state index in [2.05, 4.69) is 17.2 Å². The van der Waals surface area contributed by atoms with Crippen LogP contribution in [-0.2, 0) is 6.61 Å². The van der Waals surface area contributed by atoms with Crippen LogP contribution < -0.4 is 10.1 Å². The molecule has 0 unspecified atom stereocenters. The standard InChI is InChI=1S/C22H29N3O2.2ClH/c1-3-23-14-18-9-11-25(12-10-18)22(26)20-6-4-5-19(13-20)16-27-21-8-7-17(2)24-15-21;;/h4-8,13,15,18,23H,3,9-12,14,16H2,1-2H3;2*1H. The van der Waals surface area contributed by atoms with Crippen molar-refractivity contribution in [2.45, 2.75) is 33.3 Å². The Bertz CT molecular complexity index is 748. The van der Waals surface area contributed by atoms with Crippen LogP contribution in [0.4, 0.5) is 0 Å². The molecule has 1 N–H and O–H groups in total. The Labute approximate surface area is 186 Å². The molecule has 1 aliphatic heterocycles. The van der Waals surface area contributed by atoms with E-state index in [0.717, 1.165) is 61.6 Å². The van der Waals surface area contributed by atoms with Crippen LogP contribution in [0.25, 0.3) is 0 Å². The summed E-state index contributed by atoms with van der Waals surface area (Å²) in [6, 6.07) is 11.6. The number of nitrogens with one attached hydrogen (secondary N) is 1. The van der Waals surface area contributed by atoms with Crippen molar-refractivity contribution >= 4 is 30.7 Å². The van der Waals surface area contributed by atoms with Crippen molar-refractivity contribution in [3.05, 3.63) is 59.4 Å². The monoisotopic (exact) mass is 439 g/mol. The number of piperidine rings is 1. The first kappa shape index (κ1) is 25.2. The molecule has 0 radical (unpaired) electrons. The summed E-state index contributed by atoms with van der Waals surface area (Å²) in [6.07, 6.45) is 3.87. The number of benzene rings is 1. The van der Waals surface area contributed by atoms with Crippen LogP contribution in [-0.4, -0.2) is 42.0 Å². The number of nitrogens with zero attached hydrogens (tertiary/aromatic N) is 2. The van der Waals surface area contributed by atoms with E-state index in [0.29, 0.717) is 12.5 Å².